The molecule has 0 saturated heterocycles. The van der Waals surface area contributed by atoms with Gasteiger partial charge in [0.2, 0.25) is 11.8 Å². The SMILES string of the molecule is C=CCCC[C@H](Cc1ccccc1)C(=O)OC[C@@H](NC(=O)[C@H](CC=C)CC(=O)NC1(CO)CCCC1)C(C)(C)C. The first-order chi connectivity index (χ1) is 19.0. The zero-order chi connectivity index (χ0) is 29.6. The first kappa shape index (κ1) is 33.3. The van der Waals surface area contributed by atoms with Gasteiger partial charge in [-0.25, -0.2) is 0 Å². The zero-order valence-electron chi connectivity index (χ0n) is 24.8. The zero-order valence-corrected chi connectivity index (χ0v) is 24.8. The summed E-state index contributed by atoms with van der Waals surface area (Å²) in [6, 6.07) is 9.46. The van der Waals surface area contributed by atoms with Gasteiger partial charge in [0.25, 0.3) is 0 Å². The number of benzene rings is 1. The van der Waals surface area contributed by atoms with Crippen LogP contribution in [0.2, 0.25) is 0 Å². The summed E-state index contributed by atoms with van der Waals surface area (Å²) in [5.74, 6) is -1.70. The minimum absolute atomic E-state index is 0.00128. The minimum atomic E-state index is -0.611. The number of esters is 1. The van der Waals surface area contributed by atoms with Crippen molar-refractivity contribution in [2.45, 2.75) is 96.6 Å². The molecule has 2 rings (SSSR count). The maximum atomic E-state index is 13.4. The van der Waals surface area contributed by atoms with E-state index in [0.717, 1.165) is 44.1 Å². The van der Waals surface area contributed by atoms with Crippen LogP contribution in [0.25, 0.3) is 0 Å². The van der Waals surface area contributed by atoms with Crippen molar-refractivity contribution >= 4 is 17.8 Å². The molecule has 0 radical (unpaired) electrons. The number of carbonyl (C=O) groups excluding carboxylic acids is 3. The Morgan fingerprint density at radius 1 is 1.07 bits per heavy atom. The normalized spacial score (nSPS) is 16.8. The van der Waals surface area contributed by atoms with E-state index in [2.05, 4.69) is 23.8 Å². The number of ether oxygens (including phenoxy) is 1. The van der Waals surface area contributed by atoms with Gasteiger partial charge in [0.05, 0.1) is 30.0 Å². The second kappa shape index (κ2) is 16.4. The summed E-state index contributed by atoms with van der Waals surface area (Å²) >= 11 is 0. The summed E-state index contributed by atoms with van der Waals surface area (Å²) in [5.41, 5.74) is 0.102. The minimum Gasteiger partial charge on any atom is -0.463 e. The third-order valence-corrected chi connectivity index (χ3v) is 7.89. The number of nitrogens with one attached hydrogen (secondary N) is 2. The van der Waals surface area contributed by atoms with Crippen molar-refractivity contribution in [1.82, 2.24) is 10.6 Å². The van der Waals surface area contributed by atoms with E-state index >= 15 is 0 Å². The highest BCUT2D eigenvalue weighted by Crippen LogP contribution is 2.29. The Bertz CT molecular complexity index is 963. The van der Waals surface area contributed by atoms with E-state index in [-0.39, 0.29) is 48.8 Å². The molecule has 0 bridgehead atoms. The van der Waals surface area contributed by atoms with E-state index in [1.54, 1.807) is 6.08 Å². The molecule has 0 unspecified atom stereocenters. The molecule has 1 saturated carbocycles. The van der Waals surface area contributed by atoms with Crippen LogP contribution in [0.4, 0.5) is 0 Å². The van der Waals surface area contributed by atoms with Crippen LogP contribution in [-0.4, -0.2) is 47.7 Å². The van der Waals surface area contributed by atoms with Crippen LogP contribution in [0.1, 0.15) is 84.1 Å². The van der Waals surface area contributed by atoms with Gasteiger partial charge in [0.1, 0.15) is 6.61 Å². The lowest BCUT2D eigenvalue weighted by molar-refractivity contribution is -0.151. The molecule has 0 heterocycles. The highest BCUT2D eigenvalue weighted by Gasteiger charge is 2.36. The molecule has 1 aromatic carbocycles. The van der Waals surface area contributed by atoms with Gasteiger partial charge in [-0.05, 0) is 55.9 Å². The lowest BCUT2D eigenvalue weighted by Gasteiger charge is -2.33. The topological polar surface area (TPSA) is 105 Å². The van der Waals surface area contributed by atoms with E-state index in [1.165, 1.54) is 0 Å². The van der Waals surface area contributed by atoms with Gasteiger partial charge >= 0.3 is 5.97 Å². The fourth-order valence-corrected chi connectivity index (χ4v) is 5.22. The van der Waals surface area contributed by atoms with Crippen LogP contribution in [0.3, 0.4) is 0 Å². The third kappa shape index (κ3) is 10.9. The monoisotopic (exact) mass is 554 g/mol. The number of hydrogen-bond acceptors (Lipinski definition) is 5. The van der Waals surface area contributed by atoms with E-state index in [0.29, 0.717) is 19.3 Å². The molecular formula is C33H50N2O5. The highest BCUT2D eigenvalue weighted by atomic mass is 16.5. The van der Waals surface area contributed by atoms with E-state index in [9.17, 15) is 19.5 Å². The van der Waals surface area contributed by atoms with Crippen LogP contribution in [-0.2, 0) is 25.5 Å². The number of unbranched alkanes of at least 4 members (excludes halogenated alkanes) is 1. The van der Waals surface area contributed by atoms with Crippen molar-refractivity contribution in [2.24, 2.45) is 17.3 Å². The molecule has 40 heavy (non-hydrogen) atoms. The molecule has 7 heteroatoms. The largest absolute Gasteiger partial charge is 0.463 e. The number of allylic oxidation sites excluding steroid dienone is 2. The van der Waals surface area contributed by atoms with Crippen molar-refractivity contribution in [3.63, 3.8) is 0 Å². The molecule has 1 aliphatic carbocycles. The Morgan fingerprint density at radius 2 is 1.75 bits per heavy atom. The first-order valence-corrected chi connectivity index (χ1v) is 14.7. The Labute approximate surface area is 240 Å². The van der Waals surface area contributed by atoms with Gasteiger partial charge in [-0.1, -0.05) is 76.1 Å². The third-order valence-electron chi connectivity index (χ3n) is 7.89. The second-order valence-corrected chi connectivity index (χ2v) is 12.3. The molecule has 3 atom stereocenters. The summed E-state index contributed by atoms with van der Waals surface area (Å²) in [6.07, 6.45) is 10.2. The van der Waals surface area contributed by atoms with E-state index in [4.69, 9.17) is 4.74 Å². The van der Waals surface area contributed by atoms with E-state index in [1.807, 2.05) is 57.2 Å². The average Bonchev–Trinajstić information content (AvgIpc) is 3.38. The van der Waals surface area contributed by atoms with Gasteiger partial charge < -0.3 is 20.5 Å². The van der Waals surface area contributed by atoms with Gasteiger partial charge in [-0.2, -0.15) is 0 Å². The van der Waals surface area contributed by atoms with E-state index < -0.39 is 17.5 Å². The molecule has 0 spiro atoms. The first-order valence-electron chi connectivity index (χ1n) is 14.7. The molecule has 1 aliphatic rings. The summed E-state index contributed by atoms with van der Waals surface area (Å²) in [4.78, 5) is 39.5. The Morgan fingerprint density at radius 3 is 2.33 bits per heavy atom. The molecule has 222 valence electrons. The molecular weight excluding hydrogens is 504 g/mol. The fraction of sp³-hybridized carbons (Fsp3) is 0.606. The predicted octanol–water partition coefficient (Wildman–Crippen LogP) is 5.28. The number of hydrogen-bond donors (Lipinski definition) is 3. The van der Waals surface area contributed by atoms with Gasteiger partial charge in [0, 0.05) is 6.42 Å². The van der Waals surface area contributed by atoms with Crippen molar-refractivity contribution in [1.29, 1.82) is 0 Å². The number of carbonyl (C=O) groups is 3. The summed E-state index contributed by atoms with van der Waals surface area (Å²) in [7, 11) is 0. The van der Waals surface area contributed by atoms with Gasteiger partial charge in [-0.15, -0.1) is 13.2 Å². The smallest absolute Gasteiger partial charge is 0.309 e. The van der Waals surface area contributed by atoms with Crippen LogP contribution in [0, 0.1) is 17.3 Å². The quantitative estimate of drug-likeness (QED) is 0.138. The molecule has 1 fully saturated rings. The lowest BCUT2D eigenvalue weighted by atomic mass is 9.86. The van der Waals surface area contributed by atoms with Crippen LogP contribution in [0.5, 0.6) is 0 Å². The molecule has 2 amide bonds. The van der Waals surface area contributed by atoms with Crippen LogP contribution < -0.4 is 10.6 Å². The summed E-state index contributed by atoms with van der Waals surface area (Å²) in [5, 5.41) is 15.9. The highest BCUT2D eigenvalue weighted by molar-refractivity contribution is 5.86. The number of amides is 2. The Kier molecular flexibility index (Phi) is 13.6. The number of aliphatic hydroxyl groups excluding tert-OH is 1. The molecule has 7 nitrogen and oxygen atoms in total. The molecule has 0 aliphatic heterocycles. The Balaban J connectivity index is 2.04. The maximum absolute atomic E-state index is 13.4. The second-order valence-electron chi connectivity index (χ2n) is 12.3. The van der Waals surface area contributed by atoms with Gasteiger partial charge in [0.15, 0.2) is 0 Å². The van der Waals surface area contributed by atoms with Crippen molar-refractivity contribution in [2.75, 3.05) is 13.2 Å². The van der Waals surface area contributed by atoms with Crippen molar-refractivity contribution in [3.05, 3.63) is 61.2 Å². The molecule has 0 aromatic heterocycles. The Hall–Kier alpha value is -2.93. The van der Waals surface area contributed by atoms with Crippen LogP contribution >= 0.6 is 0 Å². The van der Waals surface area contributed by atoms with Crippen molar-refractivity contribution in [3.8, 4) is 0 Å². The maximum Gasteiger partial charge on any atom is 0.309 e. The summed E-state index contributed by atoms with van der Waals surface area (Å²) in [6.45, 7) is 13.4. The number of rotatable bonds is 17. The fourth-order valence-electron chi connectivity index (χ4n) is 5.22. The summed E-state index contributed by atoms with van der Waals surface area (Å²) < 4.78 is 5.83. The number of aliphatic hydroxyl groups is 1. The van der Waals surface area contributed by atoms with Gasteiger partial charge in [-0.3, -0.25) is 14.4 Å². The molecule has 1 aromatic rings. The predicted molar refractivity (Wildman–Crippen MR) is 159 cm³/mol. The van der Waals surface area contributed by atoms with Crippen LogP contribution in [0.15, 0.2) is 55.6 Å². The lowest BCUT2D eigenvalue weighted by Crippen LogP contribution is -2.52. The molecule has 3 N–H and O–H groups in total. The average molecular weight is 555 g/mol. The standard InChI is InChI=1S/C33H50N2O5/c1-6-8-10-18-27(21-25-16-11-9-12-17-25)31(39)40-23-28(32(3,4)5)34-30(38)26(15-7-2)22-29(37)35-33(24-36)19-13-14-20-33/h6-7,9,11-12,16-17,26-28,36H,1-2,8,10,13-15,18-24H2,3-5H3,(H,34,38)(H,35,37)/t26-,27-,28-/m1/s1. The van der Waals surface area contributed by atoms with Crippen molar-refractivity contribution < 1.29 is 24.2 Å².